The van der Waals surface area contributed by atoms with E-state index in [0.29, 0.717) is 11.7 Å². The van der Waals surface area contributed by atoms with Gasteiger partial charge in [0.1, 0.15) is 18.2 Å². The Morgan fingerprint density at radius 3 is 2.59 bits per heavy atom. The van der Waals surface area contributed by atoms with Gasteiger partial charge in [-0.3, -0.25) is 9.20 Å². The molecule has 3 aromatic rings. The molecule has 0 atom stereocenters. The van der Waals surface area contributed by atoms with Crippen LogP contribution in [0.3, 0.4) is 0 Å². The van der Waals surface area contributed by atoms with Crippen molar-refractivity contribution in [3.8, 4) is 0 Å². The van der Waals surface area contributed by atoms with Crippen LogP contribution in [0.15, 0.2) is 47.4 Å². The highest BCUT2D eigenvalue weighted by atomic mass is 19.1. The van der Waals surface area contributed by atoms with E-state index in [4.69, 9.17) is 0 Å². The summed E-state index contributed by atoms with van der Waals surface area (Å²) >= 11 is 0. The van der Waals surface area contributed by atoms with Crippen molar-refractivity contribution in [2.24, 2.45) is 0 Å². The van der Waals surface area contributed by atoms with Crippen LogP contribution < -0.4 is 11.0 Å². The fraction of sp³-hybridized carbons (Fsp3) is 0.0714. The minimum atomic E-state index is -0.805. The van der Waals surface area contributed by atoms with E-state index >= 15 is 0 Å². The first-order valence-corrected chi connectivity index (χ1v) is 6.33. The fourth-order valence-electron chi connectivity index (χ4n) is 2.03. The molecule has 3 rings (SSSR count). The zero-order chi connectivity index (χ0) is 15.7. The number of benzene rings is 1. The topological polar surface area (TPSA) is 68.4 Å². The molecule has 0 saturated heterocycles. The highest BCUT2D eigenvalue weighted by Crippen LogP contribution is 2.12. The van der Waals surface area contributed by atoms with Crippen LogP contribution in [0.25, 0.3) is 5.65 Å². The van der Waals surface area contributed by atoms with Crippen LogP contribution in [0.5, 0.6) is 0 Å². The summed E-state index contributed by atoms with van der Waals surface area (Å²) in [6.07, 6.45) is 1.53. The number of amides is 1. The number of aromatic nitrogens is 3. The first kappa shape index (κ1) is 13.9. The van der Waals surface area contributed by atoms with Gasteiger partial charge in [0.25, 0.3) is 0 Å². The Kier molecular flexibility index (Phi) is 3.42. The molecule has 6 nitrogen and oxygen atoms in total. The lowest BCUT2D eigenvalue weighted by Crippen LogP contribution is -2.28. The van der Waals surface area contributed by atoms with Gasteiger partial charge in [-0.05, 0) is 24.3 Å². The van der Waals surface area contributed by atoms with Crippen molar-refractivity contribution < 1.29 is 13.6 Å². The minimum Gasteiger partial charge on any atom is -0.324 e. The lowest BCUT2D eigenvalue weighted by atomic mass is 10.3. The molecule has 0 spiro atoms. The number of carbonyl (C=O) groups is 1. The van der Waals surface area contributed by atoms with E-state index < -0.39 is 23.2 Å². The van der Waals surface area contributed by atoms with Crippen molar-refractivity contribution in [3.63, 3.8) is 0 Å². The highest BCUT2D eigenvalue weighted by Gasteiger charge is 2.11. The predicted octanol–water partition coefficient (Wildman–Crippen LogP) is 1.41. The first-order valence-electron chi connectivity index (χ1n) is 6.33. The Morgan fingerprint density at radius 1 is 1.18 bits per heavy atom. The minimum absolute atomic E-state index is 0.0284. The molecule has 1 amide bonds. The number of carbonyl (C=O) groups excluding carboxylic acids is 1. The molecule has 0 unspecified atom stereocenters. The Labute approximate surface area is 122 Å². The van der Waals surface area contributed by atoms with Crippen LogP contribution in [-0.4, -0.2) is 20.1 Å². The van der Waals surface area contributed by atoms with Crippen molar-refractivity contribution in [1.29, 1.82) is 0 Å². The maximum atomic E-state index is 13.0. The van der Waals surface area contributed by atoms with Crippen molar-refractivity contribution >= 4 is 17.2 Å². The molecular formula is C14H10F2N4O2. The summed E-state index contributed by atoms with van der Waals surface area (Å²) in [6, 6.07) is 7.65. The summed E-state index contributed by atoms with van der Waals surface area (Å²) in [6.45, 7) is -0.362. The van der Waals surface area contributed by atoms with E-state index in [0.717, 1.165) is 16.8 Å². The van der Waals surface area contributed by atoms with Gasteiger partial charge in [-0.25, -0.2) is 18.3 Å². The van der Waals surface area contributed by atoms with E-state index in [2.05, 4.69) is 10.4 Å². The standard InChI is InChI=1S/C14H10F2N4O2/c15-9-5-10(16)7-11(6-9)17-13(21)8-20-14(22)19-4-2-1-3-12(19)18-20/h1-7H,8H2,(H,17,21). The van der Waals surface area contributed by atoms with Crippen molar-refractivity contribution in [3.05, 3.63) is 64.7 Å². The van der Waals surface area contributed by atoms with Gasteiger partial charge in [0.05, 0.1) is 0 Å². The predicted molar refractivity (Wildman–Crippen MR) is 74.4 cm³/mol. The van der Waals surface area contributed by atoms with Crippen molar-refractivity contribution in [1.82, 2.24) is 14.2 Å². The summed E-state index contributed by atoms with van der Waals surface area (Å²) < 4.78 is 28.4. The summed E-state index contributed by atoms with van der Waals surface area (Å²) in [7, 11) is 0. The van der Waals surface area contributed by atoms with E-state index in [1.165, 1.54) is 10.6 Å². The van der Waals surface area contributed by atoms with Gasteiger partial charge < -0.3 is 5.32 Å². The van der Waals surface area contributed by atoms with Gasteiger partial charge in [0.2, 0.25) is 5.91 Å². The number of rotatable bonds is 3. The first-order chi connectivity index (χ1) is 10.5. The van der Waals surface area contributed by atoms with E-state index in [1.807, 2.05) is 0 Å². The van der Waals surface area contributed by atoms with Crippen LogP contribution in [0.4, 0.5) is 14.5 Å². The quantitative estimate of drug-likeness (QED) is 0.795. The Balaban J connectivity index is 1.81. The fourth-order valence-corrected chi connectivity index (χ4v) is 2.03. The third-order valence-electron chi connectivity index (χ3n) is 2.93. The van der Waals surface area contributed by atoms with Crippen LogP contribution in [0, 0.1) is 11.6 Å². The molecule has 0 fully saturated rings. The molecule has 1 N–H and O–H groups in total. The van der Waals surface area contributed by atoms with Gasteiger partial charge >= 0.3 is 5.69 Å². The van der Waals surface area contributed by atoms with Gasteiger partial charge in [-0.2, -0.15) is 0 Å². The lowest BCUT2D eigenvalue weighted by Gasteiger charge is -2.05. The van der Waals surface area contributed by atoms with Crippen LogP contribution in [0.1, 0.15) is 0 Å². The molecule has 0 radical (unpaired) electrons. The molecule has 8 heteroatoms. The van der Waals surface area contributed by atoms with Gasteiger partial charge in [0.15, 0.2) is 5.65 Å². The summed E-state index contributed by atoms with van der Waals surface area (Å²) in [5.74, 6) is -2.23. The van der Waals surface area contributed by atoms with Gasteiger partial charge in [-0.15, -0.1) is 5.10 Å². The summed E-state index contributed by atoms with van der Waals surface area (Å²) in [5, 5.41) is 6.30. The molecule has 0 aliphatic carbocycles. The molecule has 2 aromatic heterocycles. The second kappa shape index (κ2) is 5.40. The maximum Gasteiger partial charge on any atom is 0.350 e. The molecule has 0 aliphatic heterocycles. The Morgan fingerprint density at radius 2 is 1.91 bits per heavy atom. The van der Waals surface area contributed by atoms with Crippen LogP contribution >= 0.6 is 0 Å². The average Bonchev–Trinajstić information content (AvgIpc) is 2.74. The average molecular weight is 304 g/mol. The zero-order valence-electron chi connectivity index (χ0n) is 11.2. The number of nitrogens with one attached hydrogen (secondary N) is 1. The monoisotopic (exact) mass is 304 g/mol. The summed E-state index contributed by atoms with van der Waals surface area (Å²) in [4.78, 5) is 23.9. The number of pyridine rings is 1. The molecule has 0 saturated carbocycles. The zero-order valence-corrected chi connectivity index (χ0v) is 11.2. The summed E-state index contributed by atoms with van der Waals surface area (Å²) in [5.41, 5.74) is -0.104. The van der Waals surface area contributed by atoms with Crippen molar-refractivity contribution in [2.45, 2.75) is 6.54 Å². The maximum absolute atomic E-state index is 13.0. The number of hydrogen-bond acceptors (Lipinski definition) is 3. The number of hydrogen-bond donors (Lipinski definition) is 1. The van der Waals surface area contributed by atoms with Crippen molar-refractivity contribution in [2.75, 3.05) is 5.32 Å². The normalized spacial score (nSPS) is 10.8. The highest BCUT2D eigenvalue weighted by molar-refractivity contribution is 5.90. The molecule has 0 aliphatic rings. The second-order valence-corrected chi connectivity index (χ2v) is 4.58. The molecule has 112 valence electrons. The number of nitrogens with zero attached hydrogens (tertiary/aromatic N) is 3. The Bertz CT molecular complexity index is 896. The SMILES string of the molecule is O=C(Cn1nc2ccccn2c1=O)Nc1cc(F)cc(F)c1. The number of halogens is 2. The van der Waals surface area contributed by atoms with E-state index in [1.54, 1.807) is 18.2 Å². The van der Waals surface area contributed by atoms with Gasteiger partial charge in [0, 0.05) is 18.0 Å². The molecule has 22 heavy (non-hydrogen) atoms. The van der Waals surface area contributed by atoms with Crippen LogP contribution in [-0.2, 0) is 11.3 Å². The number of fused-ring (bicyclic) bond motifs is 1. The Hall–Kier alpha value is -3.03. The van der Waals surface area contributed by atoms with E-state index in [9.17, 15) is 18.4 Å². The molecular weight excluding hydrogens is 294 g/mol. The number of anilines is 1. The van der Waals surface area contributed by atoms with E-state index in [-0.39, 0.29) is 12.2 Å². The third-order valence-corrected chi connectivity index (χ3v) is 2.93. The molecule has 1 aromatic carbocycles. The second-order valence-electron chi connectivity index (χ2n) is 4.58. The van der Waals surface area contributed by atoms with Crippen LogP contribution in [0.2, 0.25) is 0 Å². The molecule has 0 bridgehead atoms. The smallest absolute Gasteiger partial charge is 0.324 e. The largest absolute Gasteiger partial charge is 0.350 e. The lowest BCUT2D eigenvalue weighted by molar-refractivity contribution is -0.117. The third kappa shape index (κ3) is 2.71. The molecule has 2 heterocycles. The van der Waals surface area contributed by atoms with Gasteiger partial charge in [-0.1, -0.05) is 6.07 Å².